The van der Waals surface area contributed by atoms with E-state index in [0.29, 0.717) is 0 Å². The maximum absolute atomic E-state index is 9.74. The van der Waals surface area contributed by atoms with Gasteiger partial charge in [-0.05, 0) is 0 Å². The third-order valence-electron chi connectivity index (χ3n) is 0.351. The Labute approximate surface area is 44.7 Å². The van der Waals surface area contributed by atoms with E-state index in [4.69, 9.17) is 4.55 Å². The Morgan fingerprint density at radius 1 is 1.86 bits per heavy atom. The second kappa shape index (κ2) is 3.83. The van der Waals surface area contributed by atoms with Crippen LogP contribution in [0.4, 0.5) is 0 Å². The molecule has 0 aromatic heterocycles. The standard InChI is InChI=1S/C3H7NO2S/c1-4-2-3-7(5)6/h2-4H,1H3,(H,5,6)/b3-2-. The Hall–Kier alpha value is -0.350. The fraction of sp³-hybridized carbons (Fsp3) is 0.333. The van der Waals surface area contributed by atoms with Crippen molar-refractivity contribution in [3.8, 4) is 0 Å². The summed E-state index contributed by atoms with van der Waals surface area (Å²) in [4.78, 5) is 0. The van der Waals surface area contributed by atoms with Crippen LogP contribution in [0.3, 0.4) is 0 Å². The zero-order valence-electron chi connectivity index (χ0n) is 3.92. The van der Waals surface area contributed by atoms with Crippen molar-refractivity contribution in [2.45, 2.75) is 0 Å². The fourth-order valence-electron chi connectivity index (χ4n) is 0.126. The first kappa shape index (κ1) is 6.65. The van der Waals surface area contributed by atoms with Crippen LogP contribution in [0.25, 0.3) is 0 Å². The zero-order chi connectivity index (χ0) is 5.70. The fourth-order valence-corrected chi connectivity index (χ4v) is 0.379. The monoisotopic (exact) mass is 121 g/mol. The van der Waals surface area contributed by atoms with Gasteiger partial charge in [-0.15, -0.1) is 0 Å². The zero-order valence-corrected chi connectivity index (χ0v) is 4.73. The van der Waals surface area contributed by atoms with Crippen LogP contribution in [0, 0.1) is 0 Å². The quantitative estimate of drug-likeness (QED) is 0.501. The van der Waals surface area contributed by atoms with E-state index in [0.717, 1.165) is 5.41 Å². The molecule has 2 N–H and O–H groups in total. The second-order valence-corrected chi connectivity index (χ2v) is 1.69. The number of hydrogen-bond donors (Lipinski definition) is 2. The lowest BCUT2D eigenvalue weighted by Crippen LogP contribution is -1.92. The normalized spacial score (nSPS) is 14.6. The van der Waals surface area contributed by atoms with E-state index in [-0.39, 0.29) is 0 Å². The summed E-state index contributed by atoms with van der Waals surface area (Å²) < 4.78 is 17.8. The van der Waals surface area contributed by atoms with E-state index in [1.165, 1.54) is 6.20 Å². The van der Waals surface area contributed by atoms with Gasteiger partial charge in [0.25, 0.3) is 0 Å². The van der Waals surface area contributed by atoms with Crippen LogP contribution in [-0.4, -0.2) is 15.8 Å². The second-order valence-electron chi connectivity index (χ2n) is 0.868. The Kier molecular flexibility index (Phi) is 3.64. The van der Waals surface area contributed by atoms with Crippen molar-refractivity contribution < 1.29 is 8.76 Å². The lowest BCUT2D eigenvalue weighted by molar-refractivity contribution is 0.574. The van der Waals surface area contributed by atoms with Gasteiger partial charge in [-0.1, -0.05) is 0 Å². The number of hydrogen-bond acceptors (Lipinski definition) is 2. The molecule has 1 unspecified atom stereocenters. The van der Waals surface area contributed by atoms with Gasteiger partial charge in [-0.25, -0.2) is 4.21 Å². The molecule has 0 saturated heterocycles. The van der Waals surface area contributed by atoms with Crippen LogP contribution in [0.1, 0.15) is 0 Å². The summed E-state index contributed by atoms with van der Waals surface area (Å²) in [5.41, 5.74) is 0. The molecule has 0 radical (unpaired) electrons. The molecule has 4 heteroatoms. The molecule has 0 heterocycles. The molecule has 0 bridgehead atoms. The first-order valence-electron chi connectivity index (χ1n) is 1.71. The van der Waals surface area contributed by atoms with Gasteiger partial charge in [0, 0.05) is 18.7 Å². The van der Waals surface area contributed by atoms with E-state index in [2.05, 4.69) is 5.32 Å². The van der Waals surface area contributed by atoms with Crippen molar-refractivity contribution in [2.24, 2.45) is 0 Å². The molecule has 0 amide bonds. The lowest BCUT2D eigenvalue weighted by atomic mass is 11.0. The molecular formula is C3H7NO2S. The van der Waals surface area contributed by atoms with Gasteiger partial charge in [0.15, 0.2) is 11.1 Å². The molecule has 0 aromatic carbocycles. The van der Waals surface area contributed by atoms with Gasteiger partial charge < -0.3 is 9.87 Å². The third kappa shape index (κ3) is 5.65. The van der Waals surface area contributed by atoms with E-state index in [1.807, 2.05) is 0 Å². The molecule has 0 rings (SSSR count). The SMILES string of the molecule is CN/C=C\S(=O)O. The Bertz CT molecular complexity index is 90.9. The summed E-state index contributed by atoms with van der Waals surface area (Å²) in [6.45, 7) is 0. The highest BCUT2D eigenvalue weighted by molar-refractivity contribution is 7.82. The lowest BCUT2D eigenvalue weighted by Gasteiger charge is -1.79. The van der Waals surface area contributed by atoms with Gasteiger partial charge in [0.05, 0.1) is 0 Å². The first-order chi connectivity index (χ1) is 3.27. The molecule has 0 aliphatic carbocycles. The summed E-state index contributed by atoms with van der Waals surface area (Å²) in [6, 6.07) is 0. The summed E-state index contributed by atoms with van der Waals surface area (Å²) in [5, 5.41) is 3.70. The Morgan fingerprint density at radius 3 is 2.57 bits per heavy atom. The number of rotatable bonds is 2. The minimum Gasteiger partial charge on any atom is -0.393 e. The average molecular weight is 121 g/mol. The highest BCUT2D eigenvalue weighted by atomic mass is 32.2. The van der Waals surface area contributed by atoms with E-state index in [1.54, 1.807) is 7.05 Å². The molecule has 0 fully saturated rings. The minimum absolute atomic E-state index is 1.14. The van der Waals surface area contributed by atoms with Crippen molar-refractivity contribution in [3.05, 3.63) is 11.6 Å². The van der Waals surface area contributed by atoms with Gasteiger partial charge in [0.2, 0.25) is 0 Å². The van der Waals surface area contributed by atoms with E-state index < -0.39 is 11.1 Å². The molecule has 0 aliphatic rings. The van der Waals surface area contributed by atoms with Crippen molar-refractivity contribution in [3.63, 3.8) is 0 Å². The molecule has 0 spiro atoms. The van der Waals surface area contributed by atoms with Crippen LogP contribution >= 0.6 is 0 Å². The number of nitrogens with one attached hydrogen (secondary N) is 1. The van der Waals surface area contributed by atoms with Crippen molar-refractivity contribution >= 4 is 11.1 Å². The van der Waals surface area contributed by atoms with Crippen LogP contribution in [-0.2, 0) is 11.1 Å². The topological polar surface area (TPSA) is 49.3 Å². The molecule has 3 nitrogen and oxygen atoms in total. The highest BCUT2D eigenvalue weighted by Gasteiger charge is 1.74. The van der Waals surface area contributed by atoms with Crippen molar-refractivity contribution in [1.29, 1.82) is 0 Å². The summed E-state index contributed by atoms with van der Waals surface area (Å²) in [7, 11) is 1.66. The van der Waals surface area contributed by atoms with Gasteiger partial charge in [0.1, 0.15) is 0 Å². The van der Waals surface area contributed by atoms with Crippen LogP contribution in [0.15, 0.2) is 11.6 Å². The van der Waals surface area contributed by atoms with Crippen molar-refractivity contribution in [2.75, 3.05) is 7.05 Å². The van der Waals surface area contributed by atoms with Gasteiger partial charge >= 0.3 is 0 Å². The molecule has 0 saturated carbocycles. The molecule has 42 valence electrons. The summed E-state index contributed by atoms with van der Waals surface area (Å²) >= 11 is -1.81. The van der Waals surface area contributed by atoms with Crippen molar-refractivity contribution in [1.82, 2.24) is 5.32 Å². The van der Waals surface area contributed by atoms with Crippen LogP contribution in [0.2, 0.25) is 0 Å². The summed E-state index contributed by atoms with van der Waals surface area (Å²) in [5.74, 6) is 0. The maximum atomic E-state index is 9.74. The molecule has 0 aromatic rings. The predicted octanol–water partition coefficient (Wildman–Crippen LogP) is -0.101. The van der Waals surface area contributed by atoms with E-state index >= 15 is 0 Å². The highest BCUT2D eigenvalue weighted by Crippen LogP contribution is 1.70. The molecule has 1 atom stereocenters. The Morgan fingerprint density at radius 2 is 2.43 bits per heavy atom. The minimum atomic E-state index is -1.81. The Balaban J connectivity index is 3.26. The van der Waals surface area contributed by atoms with Crippen LogP contribution in [0.5, 0.6) is 0 Å². The van der Waals surface area contributed by atoms with Gasteiger partial charge in [-0.2, -0.15) is 0 Å². The summed E-state index contributed by atoms with van der Waals surface area (Å²) in [6.07, 6.45) is 1.40. The predicted molar refractivity (Wildman–Crippen MR) is 29.0 cm³/mol. The third-order valence-corrected chi connectivity index (χ3v) is 0.720. The molecule has 0 aliphatic heterocycles. The van der Waals surface area contributed by atoms with E-state index in [9.17, 15) is 4.21 Å². The molecular weight excluding hydrogens is 114 g/mol. The maximum Gasteiger partial charge on any atom is 0.180 e. The average Bonchev–Trinajstić information content (AvgIpc) is 1.61. The van der Waals surface area contributed by atoms with Crippen LogP contribution < -0.4 is 5.32 Å². The van der Waals surface area contributed by atoms with Gasteiger partial charge in [-0.3, -0.25) is 0 Å². The first-order valence-corrected chi connectivity index (χ1v) is 2.88. The smallest absolute Gasteiger partial charge is 0.180 e. The largest absolute Gasteiger partial charge is 0.393 e. The molecule has 7 heavy (non-hydrogen) atoms.